The molecule has 2 N–H and O–H groups in total. The van der Waals surface area contributed by atoms with Gasteiger partial charge in [-0.3, -0.25) is 9.59 Å². The molecule has 1 aromatic carbocycles. The molecule has 18 heavy (non-hydrogen) atoms. The molecule has 1 aromatic rings. The monoisotopic (exact) mass is 245 g/mol. The second-order valence-corrected chi connectivity index (χ2v) is 3.70. The third-order valence-electron chi connectivity index (χ3n) is 2.22. The summed E-state index contributed by atoms with van der Waals surface area (Å²) in [7, 11) is 0. The van der Waals surface area contributed by atoms with E-state index in [9.17, 15) is 9.59 Å². The van der Waals surface area contributed by atoms with Crippen molar-refractivity contribution in [2.75, 3.05) is 13.1 Å². The summed E-state index contributed by atoms with van der Waals surface area (Å²) in [4.78, 5) is 22.4. The molecule has 5 heteroatoms. The molecule has 0 aliphatic carbocycles. The summed E-state index contributed by atoms with van der Waals surface area (Å²) in [5.74, 6) is -0.412. The molecule has 0 radical (unpaired) electrons. The zero-order chi connectivity index (χ0) is 13.2. The van der Waals surface area contributed by atoms with Crippen LogP contribution in [0.5, 0.6) is 0 Å². The van der Waals surface area contributed by atoms with Crippen LogP contribution in [0.15, 0.2) is 30.3 Å². The first kappa shape index (κ1) is 13.7. The van der Waals surface area contributed by atoms with E-state index in [1.54, 1.807) is 6.07 Å². The third kappa shape index (κ3) is 5.66. The maximum atomic E-state index is 11.5. The van der Waals surface area contributed by atoms with Gasteiger partial charge in [0.25, 0.3) is 0 Å². The van der Waals surface area contributed by atoms with E-state index in [0.717, 1.165) is 5.56 Å². The number of carbonyl (C=O) groups is 2. The van der Waals surface area contributed by atoms with E-state index in [2.05, 4.69) is 10.6 Å². The normalized spacial score (nSPS) is 9.28. The van der Waals surface area contributed by atoms with Gasteiger partial charge in [0, 0.05) is 13.1 Å². The SMILES string of the molecule is N#CCC(=O)NCCNC(=O)Cc1ccccc1. The highest BCUT2D eigenvalue weighted by Gasteiger charge is 2.02. The highest BCUT2D eigenvalue weighted by Crippen LogP contribution is 1.98. The first-order valence-corrected chi connectivity index (χ1v) is 5.66. The van der Waals surface area contributed by atoms with Crippen LogP contribution in [0, 0.1) is 11.3 Å². The Morgan fingerprint density at radius 1 is 1.06 bits per heavy atom. The lowest BCUT2D eigenvalue weighted by atomic mass is 10.1. The van der Waals surface area contributed by atoms with Gasteiger partial charge in [0.05, 0.1) is 12.5 Å². The summed E-state index contributed by atoms with van der Waals surface area (Å²) in [6.07, 6.45) is 0.172. The molecule has 0 aliphatic heterocycles. The van der Waals surface area contributed by atoms with Crippen LogP contribution in [0.4, 0.5) is 0 Å². The van der Waals surface area contributed by atoms with Crippen LogP contribution in [-0.4, -0.2) is 24.9 Å². The van der Waals surface area contributed by atoms with Crippen LogP contribution in [0.1, 0.15) is 12.0 Å². The van der Waals surface area contributed by atoms with Crippen molar-refractivity contribution in [2.24, 2.45) is 0 Å². The number of hydrogen-bond acceptors (Lipinski definition) is 3. The quantitative estimate of drug-likeness (QED) is 0.711. The predicted molar refractivity (Wildman–Crippen MR) is 66.4 cm³/mol. The summed E-state index contributed by atoms with van der Waals surface area (Å²) in [5, 5.41) is 13.5. The maximum Gasteiger partial charge on any atom is 0.234 e. The van der Waals surface area contributed by atoms with Gasteiger partial charge < -0.3 is 10.6 Å². The summed E-state index contributed by atoms with van der Waals surface area (Å²) in [5.41, 5.74) is 0.948. The van der Waals surface area contributed by atoms with Crippen LogP contribution in [-0.2, 0) is 16.0 Å². The van der Waals surface area contributed by atoms with Gasteiger partial charge in [0.1, 0.15) is 6.42 Å². The third-order valence-corrected chi connectivity index (χ3v) is 2.22. The Morgan fingerprint density at radius 2 is 1.67 bits per heavy atom. The molecule has 0 bridgehead atoms. The van der Waals surface area contributed by atoms with Gasteiger partial charge in [-0.05, 0) is 5.56 Å². The second kappa shape index (κ2) is 7.85. The molecule has 0 atom stereocenters. The van der Waals surface area contributed by atoms with Gasteiger partial charge in [-0.15, -0.1) is 0 Å². The smallest absolute Gasteiger partial charge is 0.234 e. The lowest BCUT2D eigenvalue weighted by molar-refractivity contribution is -0.122. The predicted octanol–water partition coefficient (Wildman–Crippen LogP) is 0.375. The molecule has 0 saturated carbocycles. The van der Waals surface area contributed by atoms with Crippen LogP contribution < -0.4 is 10.6 Å². The lowest BCUT2D eigenvalue weighted by Crippen LogP contribution is -2.35. The molecule has 2 amide bonds. The number of benzene rings is 1. The fraction of sp³-hybridized carbons (Fsp3) is 0.308. The Balaban J connectivity index is 2.15. The van der Waals surface area contributed by atoms with Gasteiger partial charge in [0.15, 0.2) is 0 Å². The highest BCUT2D eigenvalue weighted by molar-refractivity contribution is 5.79. The fourth-order valence-corrected chi connectivity index (χ4v) is 1.38. The van der Waals surface area contributed by atoms with Crippen molar-refractivity contribution < 1.29 is 9.59 Å². The molecule has 0 aromatic heterocycles. The fourth-order valence-electron chi connectivity index (χ4n) is 1.38. The van der Waals surface area contributed by atoms with Crippen molar-refractivity contribution in [1.29, 1.82) is 5.26 Å². The number of carbonyl (C=O) groups excluding carboxylic acids is 2. The number of rotatable bonds is 6. The molecule has 0 fully saturated rings. The standard InChI is InChI=1S/C13H15N3O2/c14-7-6-12(17)15-8-9-16-13(18)10-11-4-2-1-3-5-11/h1-5H,6,8-10H2,(H,15,17)(H,16,18). The molecule has 0 unspecified atom stereocenters. The Labute approximate surface area is 106 Å². The Bertz CT molecular complexity index is 437. The maximum absolute atomic E-state index is 11.5. The van der Waals surface area contributed by atoms with Gasteiger partial charge >= 0.3 is 0 Å². The van der Waals surface area contributed by atoms with Crippen molar-refractivity contribution in [3.8, 4) is 6.07 Å². The zero-order valence-electron chi connectivity index (χ0n) is 9.98. The van der Waals surface area contributed by atoms with E-state index in [0.29, 0.717) is 19.5 Å². The number of nitrogens with zero attached hydrogens (tertiary/aromatic N) is 1. The minimum absolute atomic E-state index is 0.0873. The van der Waals surface area contributed by atoms with E-state index in [1.165, 1.54) is 0 Å². The Morgan fingerprint density at radius 3 is 2.28 bits per heavy atom. The second-order valence-electron chi connectivity index (χ2n) is 3.70. The van der Waals surface area contributed by atoms with Gasteiger partial charge in [-0.25, -0.2) is 0 Å². The van der Waals surface area contributed by atoms with Crippen molar-refractivity contribution in [2.45, 2.75) is 12.8 Å². The first-order chi connectivity index (χ1) is 8.72. The number of nitriles is 1. The Hall–Kier alpha value is -2.35. The molecule has 94 valence electrons. The highest BCUT2D eigenvalue weighted by atomic mass is 16.2. The molecule has 1 rings (SSSR count). The molecule has 0 saturated heterocycles. The van der Waals surface area contributed by atoms with Gasteiger partial charge in [-0.1, -0.05) is 30.3 Å². The Kier molecular flexibility index (Phi) is 5.98. The van der Waals surface area contributed by atoms with E-state index in [-0.39, 0.29) is 18.2 Å². The van der Waals surface area contributed by atoms with Crippen LogP contribution in [0.25, 0.3) is 0 Å². The molecular weight excluding hydrogens is 230 g/mol. The van der Waals surface area contributed by atoms with Crippen molar-refractivity contribution in [3.63, 3.8) is 0 Å². The minimum Gasteiger partial charge on any atom is -0.354 e. The van der Waals surface area contributed by atoms with Gasteiger partial charge in [-0.2, -0.15) is 5.26 Å². The number of hydrogen-bond donors (Lipinski definition) is 2. The lowest BCUT2D eigenvalue weighted by Gasteiger charge is -2.06. The largest absolute Gasteiger partial charge is 0.354 e. The van der Waals surface area contributed by atoms with Crippen molar-refractivity contribution in [3.05, 3.63) is 35.9 Å². The van der Waals surface area contributed by atoms with E-state index in [1.807, 2.05) is 30.3 Å². The van der Waals surface area contributed by atoms with E-state index in [4.69, 9.17) is 5.26 Å². The summed E-state index contributed by atoms with van der Waals surface area (Å²) in [6.45, 7) is 0.698. The first-order valence-electron chi connectivity index (χ1n) is 5.66. The van der Waals surface area contributed by atoms with Crippen molar-refractivity contribution in [1.82, 2.24) is 10.6 Å². The topological polar surface area (TPSA) is 82.0 Å². The van der Waals surface area contributed by atoms with Crippen LogP contribution >= 0.6 is 0 Å². The summed E-state index contributed by atoms with van der Waals surface area (Å²) in [6, 6.07) is 11.2. The molecular formula is C13H15N3O2. The molecule has 0 heterocycles. The van der Waals surface area contributed by atoms with E-state index < -0.39 is 0 Å². The average molecular weight is 245 g/mol. The minimum atomic E-state index is -0.324. The van der Waals surface area contributed by atoms with E-state index >= 15 is 0 Å². The number of nitrogens with one attached hydrogen (secondary N) is 2. The number of amides is 2. The molecule has 0 spiro atoms. The summed E-state index contributed by atoms with van der Waals surface area (Å²) >= 11 is 0. The van der Waals surface area contributed by atoms with Crippen molar-refractivity contribution >= 4 is 11.8 Å². The van der Waals surface area contributed by atoms with Gasteiger partial charge in [0.2, 0.25) is 11.8 Å². The molecule has 5 nitrogen and oxygen atoms in total. The van der Waals surface area contributed by atoms with Crippen LogP contribution in [0.2, 0.25) is 0 Å². The average Bonchev–Trinajstić information content (AvgIpc) is 2.36. The van der Waals surface area contributed by atoms with Crippen LogP contribution in [0.3, 0.4) is 0 Å². The molecule has 0 aliphatic rings. The zero-order valence-corrected chi connectivity index (χ0v) is 9.98. The summed E-state index contributed by atoms with van der Waals surface area (Å²) < 4.78 is 0.